The van der Waals surface area contributed by atoms with E-state index < -0.39 is 0 Å². The van der Waals surface area contributed by atoms with Crippen LogP contribution in [0.5, 0.6) is 5.75 Å². The van der Waals surface area contributed by atoms with Gasteiger partial charge in [-0.1, -0.05) is 61.0 Å². The van der Waals surface area contributed by atoms with E-state index in [0.29, 0.717) is 12.1 Å². The monoisotopic (exact) mass is 483 g/mol. The van der Waals surface area contributed by atoms with Crippen LogP contribution in [0.15, 0.2) is 72.8 Å². The summed E-state index contributed by atoms with van der Waals surface area (Å²) in [6, 6.07) is 23.3. The van der Waals surface area contributed by atoms with E-state index in [-0.39, 0.29) is 24.8 Å². The van der Waals surface area contributed by atoms with Crippen LogP contribution in [0.3, 0.4) is 0 Å². The Morgan fingerprint density at radius 2 is 1.69 bits per heavy atom. The van der Waals surface area contributed by atoms with Crippen LogP contribution in [-0.2, 0) is 17.8 Å². The standard InChI is InChI=1S/C30H33N3O3/c1-22-16-17-23(2)28(19-22)36-21-30(35)31-18-10-4-7-15-29-32-25-13-8-9-14-26(25)33(29)20-27(34)24-11-5-3-6-12-24/h3,5-6,8-9,11-14,16-17,19H,4,7,10,15,18,20-21H2,1-2H3,(H,31,35). The molecule has 6 heteroatoms. The van der Waals surface area contributed by atoms with Gasteiger partial charge in [0.2, 0.25) is 0 Å². The number of para-hydroxylation sites is 2. The van der Waals surface area contributed by atoms with Crippen molar-refractivity contribution in [1.29, 1.82) is 0 Å². The molecular weight excluding hydrogens is 450 g/mol. The van der Waals surface area contributed by atoms with Crippen molar-refractivity contribution in [3.63, 3.8) is 0 Å². The second-order valence-electron chi connectivity index (χ2n) is 9.11. The van der Waals surface area contributed by atoms with Gasteiger partial charge in [-0.05, 0) is 56.0 Å². The summed E-state index contributed by atoms with van der Waals surface area (Å²) in [7, 11) is 0. The molecule has 0 unspecified atom stereocenters. The number of unbranched alkanes of at least 4 members (excludes halogenated alkanes) is 2. The average molecular weight is 484 g/mol. The summed E-state index contributed by atoms with van der Waals surface area (Å²) >= 11 is 0. The number of hydrogen-bond acceptors (Lipinski definition) is 4. The Hall–Kier alpha value is -3.93. The lowest BCUT2D eigenvalue weighted by atomic mass is 10.1. The van der Waals surface area contributed by atoms with Crippen LogP contribution in [0.1, 0.15) is 46.6 Å². The smallest absolute Gasteiger partial charge is 0.257 e. The molecule has 0 saturated carbocycles. The minimum Gasteiger partial charge on any atom is -0.483 e. The molecule has 0 saturated heterocycles. The van der Waals surface area contributed by atoms with E-state index >= 15 is 0 Å². The molecule has 1 aromatic heterocycles. The number of aromatic nitrogens is 2. The van der Waals surface area contributed by atoms with Gasteiger partial charge in [0.05, 0.1) is 17.6 Å². The first-order valence-corrected chi connectivity index (χ1v) is 12.5. The summed E-state index contributed by atoms with van der Waals surface area (Å²) in [5.74, 6) is 1.63. The molecule has 186 valence electrons. The third kappa shape index (κ3) is 6.60. The Bertz CT molecular complexity index is 1330. The maximum atomic E-state index is 12.9. The Balaban J connectivity index is 1.24. The Morgan fingerprint density at radius 3 is 2.53 bits per heavy atom. The number of carbonyl (C=O) groups excluding carboxylic acids is 2. The molecule has 3 aromatic carbocycles. The third-order valence-electron chi connectivity index (χ3n) is 6.23. The Labute approximate surface area is 212 Å². The highest BCUT2D eigenvalue weighted by Gasteiger charge is 2.14. The van der Waals surface area contributed by atoms with Gasteiger partial charge in [0, 0.05) is 18.5 Å². The van der Waals surface area contributed by atoms with Crippen molar-refractivity contribution in [3.05, 3.63) is 95.3 Å². The van der Waals surface area contributed by atoms with Gasteiger partial charge in [-0.25, -0.2) is 4.98 Å². The van der Waals surface area contributed by atoms with Crippen LogP contribution >= 0.6 is 0 Å². The van der Waals surface area contributed by atoms with Crippen molar-refractivity contribution in [2.24, 2.45) is 0 Å². The molecule has 36 heavy (non-hydrogen) atoms. The summed E-state index contributed by atoms with van der Waals surface area (Å²) in [6.45, 7) is 4.87. The van der Waals surface area contributed by atoms with E-state index in [9.17, 15) is 9.59 Å². The molecule has 0 fully saturated rings. The van der Waals surface area contributed by atoms with Gasteiger partial charge in [-0.3, -0.25) is 9.59 Å². The lowest BCUT2D eigenvalue weighted by Crippen LogP contribution is -2.29. The van der Waals surface area contributed by atoms with Crippen molar-refractivity contribution in [2.45, 2.75) is 46.1 Å². The molecule has 4 aromatic rings. The number of imidazole rings is 1. The van der Waals surface area contributed by atoms with E-state index in [0.717, 1.165) is 59.4 Å². The van der Waals surface area contributed by atoms with Crippen molar-refractivity contribution in [3.8, 4) is 5.75 Å². The highest BCUT2D eigenvalue weighted by molar-refractivity contribution is 5.96. The zero-order chi connectivity index (χ0) is 25.3. The van der Waals surface area contributed by atoms with Gasteiger partial charge in [0.25, 0.3) is 5.91 Å². The number of Topliss-reactive ketones (excluding diaryl/α,β-unsaturated/α-hetero) is 1. The van der Waals surface area contributed by atoms with E-state index in [4.69, 9.17) is 9.72 Å². The summed E-state index contributed by atoms with van der Waals surface area (Å²) in [5.41, 5.74) is 4.72. The largest absolute Gasteiger partial charge is 0.483 e. The molecule has 0 aliphatic heterocycles. The summed E-state index contributed by atoms with van der Waals surface area (Å²) in [5, 5.41) is 2.93. The molecule has 0 radical (unpaired) electrons. The number of nitrogens with zero attached hydrogens (tertiary/aromatic N) is 2. The Kier molecular flexibility index (Phi) is 8.50. The van der Waals surface area contributed by atoms with Gasteiger partial charge in [-0.2, -0.15) is 0 Å². The molecule has 0 aliphatic carbocycles. The molecule has 6 nitrogen and oxygen atoms in total. The zero-order valence-electron chi connectivity index (χ0n) is 21.0. The van der Waals surface area contributed by atoms with Crippen molar-refractivity contribution in [2.75, 3.05) is 13.2 Å². The molecule has 0 aliphatic rings. The lowest BCUT2D eigenvalue weighted by Gasteiger charge is -2.11. The molecule has 0 spiro atoms. The van der Waals surface area contributed by atoms with Crippen LogP contribution in [0, 0.1) is 13.8 Å². The van der Waals surface area contributed by atoms with Crippen LogP contribution in [0.4, 0.5) is 0 Å². The molecule has 4 rings (SSSR count). The number of ether oxygens (including phenoxy) is 1. The normalized spacial score (nSPS) is 10.9. The van der Waals surface area contributed by atoms with E-state index in [1.165, 1.54) is 0 Å². The minimum atomic E-state index is -0.114. The van der Waals surface area contributed by atoms with Crippen LogP contribution in [0.25, 0.3) is 11.0 Å². The number of aryl methyl sites for hydroxylation is 3. The van der Waals surface area contributed by atoms with Crippen molar-refractivity contribution < 1.29 is 14.3 Å². The maximum Gasteiger partial charge on any atom is 0.257 e. The molecule has 1 N–H and O–H groups in total. The fourth-order valence-corrected chi connectivity index (χ4v) is 4.22. The molecular formula is C30H33N3O3. The number of carbonyl (C=O) groups is 2. The highest BCUT2D eigenvalue weighted by Crippen LogP contribution is 2.20. The fraction of sp³-hybridized carbons (Fsp3) is 0.300. The van der Waals surface area contributed by atoms with Crippen LogP contribution in [0.2, 0.25) is 0 Å². The van der Waals surface area contributed by atoms with Crippen LogP contribution in [-0.4, -0.2) is 34.4 Å². The molecule has 0 bridgehead atoms. The van der Waals surface area contributed by atoms with Gasteiger partial charge < -0.3 is 14.6 Å². The fourth-order valence-electron chi connectivity index (χ4n) is 4.22. The lowest BCUT2D eigenvalue weighted by molar-refractivity contribution is -0.123. The predicted octanol–water partition coefficient (Wildman–Crippen LogP) is 5.44. The van der Waals surface area contributed by atoms with Gasteiger partial charge in [0.1, 0.15) is 11.6 Å². The SMILES string of the molecule is Cc1ccc(C)c(OCC(=O)NCCCCCc2nc3ccccc3n2CC(=O)c2ccccc2)c1. The summed E-state index contributed by atoms with van der Waals surface area (Å²) in [6.07, 6.45) is 3.53. The number of benzene rings is 3. The van der Waals surface area contributed by atoms with E-state index in [1.54, 1.807) is 0 Å². The van der Waals surface area contributed by atoms with Gasteiger partial charge in [0.15, 0.2) is 12.4 Å². The average Bonchev–Trinajstić information content (AvgIpc) is 3.24. The minimum absolute atomic E-state index is 0.0176. The second kappa shape index (κ2) is 12.2. The highest BCUT2D eigenvalue weighted by atomic mass is 16.5. The Morgan fingerprint density at radius 1 is 0.917 bits per heavy atom. The topological polar surface area (TPSA) is 73.2 Å². The first kappa shape index (κ1) is 25.2. The number of nitrogens with one attached hydrogen (secondary N) is 1. The number of hydrogen-bond donors (Lipinski definition) is 1. The van der Waals surface area contributed by atoms with Gasteiger partial charge in [-0.15, -0.1) is 0 Å². The van der Waals surface area contributed by atoms with Crippen molar-refractivity contribution in [1.82, 2.24) is 14.9 Å². The van der Waals surface area contributed by atoms with Crippen molar-refractivity contribution >= 4 is 22.7 Å². The van der Waals surface area contributed by atoms with E-state index in [1.807, 2.05) is 91.2 Å². The number of rotatable bonds is 12. The van der Waals surface area contributed by atoms with Crippen LogP contribution < -0.4 is 10.1 Å². The number of fused-ring (bicyclic) bond motifs is 1. The molecule has 0 atom stereocenters. The van der Waals surface area contributed by atoms with E-state index in [2.05, 4.69) is 5.32 Å². The first-order valence-electron chi connectivity index (χ1n) is 12.5. The number of ketones is 1. The summed E-state index contributed by atoms with van der Waals surface area (Å²) in [4.78, 5) is 29.8. The molecule has 1 amide bonds. The quantitative estimate of drug-likeness (QED) is 0.215. The second-order valence-corrected chi connectivity index (χ2v) is 9.11. The zero-order valence-corrected chi connectivity index (χ0v) is 21.0. The first-order chi connectivity index (χ1) is 17.5. The maximum absolute atomic E-state index is 12.9. The predicted molar refractivity (Wildman–Crippen MR) is 142 cm³/mol. The summed E-state index contributed by atoms with van der Waals surface area (Å²) < 4.78 is 7.71. The number of amides is 1. The van der Waals surface area contributed by atoms with Gasteiger partial charge >= 0.3 is 0 Å². The molecule has 1 heterocycles. The third-order valence-corrected chi connectivity index (χ3v) is 6.23.